The summed E-state index contributed by atoms with van der Waals surface area (Å²) in [5, 5.41) is 3.03. The van der Waals surface area contributed by atoms with Crippen LogP contribution in [-0.2, 0) is 12.8 Å². The average molecular weight is 336 g/mol. The third-order valence-corrected chi connectivity index (χ3v) is 4.83. The van der Waals surface area contributed by atoms with Crippen molar-refractivity contribution in [2.75, 3.05) is 24.5 Å². The number of benzene rings is 2. The van der Waals surface area contributed by atoms with E-state index in [1.165, 1.54) is 42.6 Å². The maximum Gasteiger partial charge on any atom is 0.251 e. The van der Waals surface area contributed by atoms with Crippen molar-refractivity contribution in [1.29, 1.82) is 0 Å². The van der Waals surface area contributed by atoms with Crippen molar-refractivity contribution in [3.8, 4) is 0 Å². The highest BCUT2D eigenvalue weighted by atomic mass is 16.1. The van der Waals surface area contributed by atoms with Gasteiger partial charge < -0.3 is 10.2 Å². The van der Waals surface area contributed by atoms with Crippen LogP contribution in [0.15, 0.2) is 42.5 Å². The van der Waals surface area contributed by atoms with Crippen LogP contribution in [0.1, 0.15) is 46.8 Å². The summed E-state index contributed by atoms with van der Waals surface area (Å²) in [6, 6.07) is 14.5. The summed E-state index contributed by atoms with van der Waals surface area (Å²) in [4.78, 5) is 14.7. The van der Waals surface area contributed by atoms with Crippen LogP contribution in [0.2, 0.25) is 0 Å². The van der Waals surface area contributed by atoms with E-state index in [2.05, 4.69) is 35.3 Å². The highest BCUT2D eigenvalue weighted by Crippen LogP contribution is 2.28. The Labute approximate surface area is 151 Å². The molecule has 3 nitrogen and oxygen atoms in total. The smallest absolute Gasteiger partial charge is 0.251 e. The average Bonchev–Trinajstić information content (AvgIpc) is 2.62. The van der Waals surface area contributed by atoms with Crippen LogP contribution in [0.4, 0.5) is 5.69 Å². The van der Waals surface area contributed by atoms with E-state index in [0.717, 1.165) is 24.1 Å². The van der Waals surface area contributed by atoms with Crippen molar-refractivity contribution in [2.24, 2.45) is 0 Å². The normalized spacial score (nSPS) is 13.4. The Kier molecular flexibility index (Phi) is 5.75. The van der Waals surface area contributed by atoms with Crippen molar-refractivity contribution in [1.82, 2.24) is 5.32 Å². The molecular weight excluding hydrogens is 308 g/mol. The first-order valence-electron chi connectivity index (χ1n) is 9.39. The van der Waals surface area contributed by atoms with Gasteiger partial charge in [0.05, 0.1) is 0 Å². The Morgan fingerprint density at radius 1 is 1.20 bits per heavy atom. The molecule has 0 bridgehead atoms. The van der Waals surface area contributed by atoms with E-state index in [9.17, 15) is 4.79 Å². The molecule has 0 radical (unpaired) electrons. The molecule has 0 atom stereocenters. The summed E-state index contributed by atoms with van der Waals surface area (Å²) in [5.41, 5.74) is 6.02. The van der Waals surface area contributed by atoms with Gasteiger partial charge in [-0.1, -0.05) is 36.8 Å². The zero-order chi connectivity index (χ0) is 17.6. The molecule has 132 valence electrons. The number of carbonyl (C=O) groups is 1. The zero-order valence-electron chi connectivity index (χ0n) is 15.3. The van der Waals surface area contributed by atoms with Crippen molar-refractivity contribution in [3.05, 3.63) is 64.7 Å². The third kappa shape index (κ3) is 4.41. The van der Waals surface area contributed by atoms with E-state index < -0.39 is 0 Å². The van der Waals surface area contributed by atoms with Crippen LogP contribution in [0, 0.1) is 6.92 Å². The lowest BCUT2D eigenvalue weighted by Gasteiger charge is -2.31. The summed E-state index contributed by atoms with van der Waals surface area (Å²) in [7, 11) is 0. The van der Waals surface area contributed by atoms with Crippen LogP contribution in [0.25, 0.3) is 0 Å². The third-order valence-electron chi connectivity index (χ3n) is 4.83. The molecule has 0 saturated heterocycles. The molecule has 1 aliphatic heterocycles. The van der Waals surface area contributed by atoms with Gasteiger partial charge in [0.25, 0.3) is 5.91 Å². The van der Waals surface area contributed by atoms with Gasteiger partial charge >= 0.3 is 0 Å². The van der Waals surface area contributed by atoms with Gasteiger partial charge in [-0.3, -0.25) is 4.79 Å². The fourth-order valence-corrected chi connectivity index (χ4v) is 3.59. The molecule has 3 heteroatoms. The number of hydrogen-bond acceptors (Lipinski definition) is 2. The van der Waals surface area contributed by atoms with Crippen LogP contribution in [0.3, 0.4) is 0 Å². The first kappa shape index (κ1) is 17.5. The molecule has 1 heterocycles. The molecule has 0 aromatic heterocycles. The summed E-state index contributed by atoms with van der Waals surface area (Å²) >= 11 is 0. The van der Waals surface area contributed by atoms with Crippen molar-refractivity contribution >= 4 is 11.6 Å². The number of rotatable bonds is 6. The molecule has 0 unspecified atom stereocenters. The fourth-order valence-electron chi connectivity index (χ4n) is 3.59. The Hall–Kier alpha value is -2.29. The predicted octanol–water partition coefficient (Wildman–Crippen LogP) is 4.13. The number of hydrogen-bond donors (Lipinski definition) is 1. The highest BCUT2D eigenvalue weighted by Gasteiger charge is 2.16. The molecule has 0 saturated carbocycles. The van der Waals surface area contributed by atoms with Gasteiger partial charge in [-0.25, -0.2) is 0 Å². The molecule has 2 aromatic rings. The van der Waals surface area contributed by atoms with Gasteiger partial charge in [0, 0.05) is 30.9 Å². The van der Waals surface area contributed by atoms with E-state index >= 15 is 0 Å². The van der Waals surface area contributed by atoms with E-state index in [0.29, 0.717) is 6.54 Å². The van der Waals surface area contributed by atoms with Crippen molar-refractivity contribution < 1.29 is 4.79 Å². The molecule has 1 amide bonds. The minimum atomic E-state index is 0.00998. The highest BCUT2D eigenvalue weighted by molar-refractivity contribution is 5.94. The second-order valence-corrected chi connectivity index (χ2v) is 6.93. The summed E-state index contributed by atoms with van der Waals surface area (Å²) in [5.74, 6) is 0.00998. The Morgan fingerprint density at radius 2 is 2.08 bits per heavy atom. The molecule has 1 N–H and O–H groups in total. The Morgan fingerprint density at radius 3 is 2.88 bits per heavy atom. The SMILES string of the molecule is CCCN1CCCc2cc(CCNC(=O)c3cccc(C)c3)ccc21. The minimum Gasteiger partial charge on any atom is -0.371 e. The largest absolute Gasteiger partial charge is 0.371 e. The number of fused-ring (bicyclic) bond motifs is 1. The number of aryl methyl sites for hydroxylation is 2. The van der Waals surface area contributed by atoms with E-state index in [1.807, 2.05) is 31.2 Å². The monoisotopic (exact) mass is 336 g/mol. The van der Waals surface area contributed by atoms with Gasteiger partial charge in [-0.2, -0.15) is 0 Å². The fraction of sp³-hybridized carbons (Fsp3) is 0.409. The van der Waals surface area contributed by atoms with Gasteiger partial charge in [0.1, 0.15) is 0 Å². The standard InChI is InChI=1S/C22H28N2O/c1-3-13-24-14-5-8-19-16-18(9-10-21(19)24)11-12-23-22(25)20-7-4-6-17(2)15-20/h4,6-7,9-10,15-16H,3,5,8,11-14H2,1-2H3,(H,23,25). The van der Waals surface area contributed by atoms with Crippen molar-refractivity contribution in [2.45, 2.75) is 39.5 Å². The quantitative estimate of drug-likeness (QED) is 0.860. The summed E-state index contributed by atoms with van der Waals surface area (Å²) in [6.45, 7) is 7.22. The number of anilines is 1. The van der Waals surface area contributed by atoms with Crippen LogP contribution >= 0.6 is 0 Å². The van der Waals surface area contributed by atoms with Gasteiger partial charge in [0.2, 0.25) is 0 Å². The molecule has 0 fully saturated rings. The topological polar surface area (TPSA) is 32.3 Å². The summed E-state index contributed by atoms with van der Waals surface area (Å²) in [6.07, 6.45) is 4.46. The number of carbonyl (C=O) groups excluding carboxylic acids is 1. The molecule has 0 spiro atoms. The van der Waals surface area contributed by atoms with Gasteiger partial charge in [-0.05, 0) is 61.9 Å². The van der Waals surface area contributed by atoms with E-state index in [-0.39, 0.29) is 5.91 Å². The second kappa shape index (κ2) is 8.19. The molecule has 2 aromatic carbocycles. The van der Waals surface area contributed by atoms with Crippen LogP contribution in [-0.4, -0.2) is 25.5 Å². The number of nitrogens with zero attached hydrogens (tertiary/aromatic N) is 1. The van der Waals surface area contributed by atoms with Gasteiger partial charge in [-0.15, -0.1) is 0 Å². The lowest BCUT2D eigenvalue weighted by Crippen LogP contribution is -2.30. The second-order valence-electron chi connectivity index (χ2n) is 6.93. The molecule has 1 aliphatic rings. The predicted molar refractivity (Wildman–Crippen MR) is 104 cm³/mol. The van der Waals surface area contributed by atoms with E-state index in [1.54, 1.807) is 0 Å². The van der Waals surface area contributed by atoms with Gasteiger partial charge in [0.15, 0.2) is 0 Å². The molecule has 0 aliphatic carbocycles. The maximum absolute atomic E-state index is 12.2. The van der Waals surface area contributed by atoms with E-state index in [4.69, 9.17) is 0 Å². The first-order chi connectivity index (χ1) is 12.2. The lowest BCUT2D eigenvalue weighted by atomic mass is 9.98. The Bertz CT molecular complexity index is 739. The molecular formula is C22H28N2O. The van der Waals surface area contributed by atoms with Crippen molar-refractivity contribution in [3.63, 3.8) is 0 Å². The van der Waals surface area contributed by atoms with Crippen LogP contribution in [0.5, 0.6) is 0 Å². The minimum absolute atomic E-state index is 0.00998. The number of nitrogens with one attached hydrogen (secondary N) is 1. The lowest BCUT2D eigenvalue weighted by molar-refractivity contribution is 0.0954. The van der Waals surface area contributed by atoms with Crippen LogP contribution < -0.4 is 10.2 Å². The number of amides is 1. The molecule has 25 heavy (non-hydrogen) atoms. The first-order valence-corrected chi connectivity index (χ1v) is 9.39. The zero-order valence-corrected chi connectivity index (χ0v) is 15.3. The maximum atomic E-state index is 12.2. The Balaban J connectivity index is 1.58. The molecule has 3 rings (SSSR count). The summed E-state index contributed by atoms with van der Waals surface area (Å²) < 4.78 is 0.